The van der Waals surface area contributed by atoms with Crippen LogP contribution >= 0.6 is 15.9 Å². The Balaban J connectivity index is 2.78. The Kier molecular flexibility index (Phi) is 2.78. The number of carboxylic acids is 1. The third-order valence-corrected chi connectivity index (χ3v) is 2.62. The fourth-order valence-electron chi connectivity index (χ4n) is 1.47. The highest BCUT2D eigenvalue weighted by atomic mass is 79.9. The molecule has 0 saturated heterocycles. The highest BCUT2D eigenvalue weighted by molar-refractivity contribution is 9.10. The highest BCUT2D eigenvalue weighted by Crippen LogP contribution is 2.27. The third-order valence-electron chi connectivity index (χ3n) is 2.18. The minimum absolute atomic E-state index is 0.184. The molecule has 4 nitrogen and oxygen atoms in total. The van der Waals surface area contributed by atoms with Gasteiger partial charge in [-0.25, -0.2) is 4.79 Å². The zero-order valence-corrected chi connectivity index (χ0v) is 9.98. The number of aromatic nitrogens is 1. The number of carbonyl (C=O) groups is 1. The molecule has 2 rings (SSSR count). The number of fused-ring (bicyclic) bond motifs is 1. The standard InChI is InChI=1S/C11H8BrNO3/c1-16-9-4-7(11(14)15)2-6-3-8(12)5-13-10(6)9/h2-5H,1H3,(H,14,15). The van der Waals surface area contributed by atoms with Crippen LogP contribution in [0.1, 0.15) is 10.4 Å². The fraction of sp³-hybridized carbons (Fsp3) is 0.0909. The second-order valence-electron chi connectivity index (χ2n) is 3.21. The van der Waals surface area contributed by atoms with E-state index in [1.165, 1.54) is 13.2 Å². The fourth-order valence-corrected chi connectivity index (χ4v) is 1.82. The molecule has 0 atom stereocenters. The lowest BCUT2D eigenvalue weighted by Gasteiger charge is -2.06. The number of carboxylic acid groups (broad SMARTS) is 1. The highest BCUT2D eigenvalue weighted by Gasteiger charge is 2.10. The summed E-state index contributed by atoms with van der Waals surface area (Å²) in [5, 5.41) is 9.67. The van der Waals surface area contributed by atoms with Gasteiger partial charge in [-0.3, -0.25) is 4.98 Å². The first-order valence-electron chi connectivity index (χ1n) is 4.48. The van der Waals surface area contributed by atoms with E-state index >= 15 is 0 Å². The molecule has 0 aliphatic heterocycles. The average Bonchev–Trinajstić information content (AvgIpc) is 2.26. The van der Waals surface area contributed by atoms with Crippen molar-refractivity contribution in [1.82, 2.24) is 4.98 Å². The van der Waals surface area contributed by atoms with Crippen molar-refractivity contribution in [3.63, 3.8) is 0 Å². The summed E-state index contributed by atoms with van der Waals surface area (Å²) in [6.45, 7) is 0. The first-order chi connectivity index (χ1) is 7.61. The van der Waals surface area contributed by atoms with Gasteiger partial charge in [0.1, 0.15) is 11.3 Å². The first-order valence-corrected chi connectivity index (χ1v) is 5.27. The third kappa shape index (κ3) is 1.86. The number of aromatic carboxylic acids is 1. The molecule has 2 aromatic rings. The van der Waals surface area contributed by atoms with Gasteiger partial charge in [0.15, 0.2) is 0 Å². The normalized spacial score (nSPS) is 10.4. The lowest BCUT2D eigenvalue weighted by Crippen LogP contribution is -1.98. The maximum Gasteiger partial charge on any atom is 0.335 e. The summed E-state index contributed by atoms with van der Waals surface area (Å²) in [6.07, 6.45) is 1.64. The molecule has 0 bridgehead atoms. The number of ether oxygens (including phenoxy) is 1. The van der Waals surface area contributed by atoms with Gasteiger partial charge >= 0.3 is 5.97 Å². The summed E-state index contributed by atoms with van der Waals surface area (Å²) in [5.41, 5.74) is 0.833. The minimum Gasteiger partial charge on any atom is -0.494 e. The maximum absolute atomic E-state index is 10.9. The number of halogens is 1. The summed E-state index contributed by atoms with van der Waals surface area (Å²) in [6, 6.07) is 4.83. The van der Waals surface area contributed by atoms with Crippen LogP contribution in [0.2, 0.25) is 0 Å². The van der Waals surface area contributed by atoms with Gasteiger partial charge in [0.2, 0.25) is 0 Å². The molecule has 1 N–H and O–H groups in total. The van der Waals surface area contributed by atoms with Crippen LogP contribution in [-0.2, 0) is 0 Å². The molecule has 0 amide bonds. The van der Waals surface area contributed by atoms with Crippen LogP contribution in [0.5, 0.6) is 5.75 Å². The van der Waals surface area contributed by atoms with E-state index in [-0.39, 0.29) is 5.56 Å². The molecule has 0 radical (unpaired) electrons. The van der Waals surface area contributed by atoms with E-state index in [4.69, 9.17) is 9.84 Å². The number of hydrogen-bond acceptors (Lipinski definition) is 3. The van der Waals surface area contributed by atoms with Crippen LogP contribution in [0.25, 0.3) is 10.9 Å². The number of benzene rings is 1. The van der Waals surface area contributed by atoms with Gasteiger partial charge in [0, 0.05) is 16.1 Å². The second-order valence-corrected chi connectivity index (χ2v) is 4.12. The molecular formula is C11H8BrNO3. The number of nitrogens with zero attached hydrogens (tertiary/aromatic N) is 1. The Hall–Kier alpha value is -1.62. The molecular weight excluding hydrogens is 274 g/mol. The molecule has 16 heavy (non-hydrogen) atoms. The van der Waals surface area contributed by atoms with Gasteiger partial charge in [0.25, 0.3) is 0 Å². The van der Waals surface area contributed by atoms with E-state index in [9.17, 15) is 4.79 Å². The van der Waals surface area contributed by atoms with Crippen molar-refractivity contribution in [2.75, 3.05) is 7.11 Å². The van der Waals surface area contributed by atoms with Crippen molar-refractivity contribution in [2.45, 2.75) is 0 Å². The van der Waals surface area contributed by atoms with Gasteiger partial charge in [-0.2, -0.15) is 0 Å². The average molecular weight is 282 g/mol. The van der Waals surface area contributed by atoms with Crippen molar-refractivity contribution in [3.8, 4) is 5.75 Å². The van der Waals surface area contributed by atoms with E-state index in [1.807, 2.05) is 0 Å². The van der Waals surface area contributed by atoms with Crippen LogP contribution in [0.4, 0.5) is 0 Å². The lowest BCUT2D eigenvalue weighted by molar-refractivity contribution is 0.0696. The van der Waals surface area contributed by atoms with Crippen LogP contribution in [0, 0.1) is 0 Å². The Morgan fingerprint density at radius 2 is 2.19 bits per heavy atom. The quantitative estimate of drug-likeness (QED) is 0.920. The molecule has 0 unspecified atom stereocenters. The topological polar surface area (TPSA) is 59.4 Å². The molecule has 0 saturated carbocycles. The summed E-state index contributed by atoms with van der Waals surface area (Å²) >= 11 is 3.29. The first kappa shape index (κ1) is 10.9. The zero-order valence-electron chi connectivity index (χ0n) is 8.40. The van der Waals surface area contributed by atoms with Crippen LogP contribution in [-0.4, -0.2) is 23.2 Å². The molecule has 5 heteroatoms. The predicted molar refractivity (Wildman–Crippen MR) is 63.0 cm³/mol. The van der Waals surface area contributed by atoms with E-state index < -0.39 is 5.97 Å². The summed E-state index contributed by atoms with van der Waals surface area (Å²) < 4.78 is 5.91. The number of pyridine rings is 1. The van der Waals surface area contributed by atoms with E-state index in [0.29, 0.717) is 11.3 Å². The van der Waals surface area contributed by atoms with Gasteiger partial charge < -0.3 is 9.84 Å². The van der Waals surface area contributed by atoms with Crippen molar-refractivity contribution in [1.29, 1.82) is 0 Å². The summed E-state index contributed by atoms with van der Waals surface area (Å²) in [4.78, 5) is 15.1. The second kappa shape index (κ2) is 4.09. The number of hydrogen-bond donors (Lipinski definition) is 1. The van der Waals surface area contributed by atoms with Gasteiger partial charge in [0.05, 0.1) is 12.7 Å². The molecule has 0 spiro atoms. The van der Waals surface area contributed by atoms with Gasteiger partial charge in [-0.1, -0.05) is 0 Å². The van der Waals surface area contributed by atoms with E-state index in [1.54, 1.807) is 18.3 Å². The Morgan fingerprint density at radius 3 is 2.81 bits per heavy atom. The van der Waals surface area contributed by atoms with Crippen molar-refractivity contribution >= 4 is 32.8 Å². The lowest BCUT2D eigenvalue weighted by atomic mass is 10.1. The van der Waals surface area contributed by atoms with Crippen molar-refractivity contribution < 1.29 is 14.6 Å². The van der Waals surface area contributed by atoms with Crippen LogP contribution < -0.4 is 4.74 Å². The molecule has 1 aromatic heterocycles. The van der Waals surface area contributed by atoms with E-state index in [0.717, 1.165) is 9.86 Å². The van der Waals surface area contributed by atoms with Gasteiger partial charge in [-0.15, -0.1) is 0 Å². The summed E-state index contributed by atoms with van der Waals surface area (Å²) in [7, 11) is 1.49. The summed E-state index contributed by atoms with van der Waals surface area (Å²) in [5.74, 6) is -0.525. The number of methoxy groups -OCH3 is 1. The monoisotopic (exact) mass is 281 g/mol. The Bertz CT molecular complexity index is 568. The zero-order chi connectivity index (χ0) is 11.7. The Labute approximate surface area is 100.0 Å². The molecule has 82 valence electrons. The SMILES string of the molecule is COc1cc(C(=O)O)cc2cc(Br)cnc12. The van der Waals surface area contributed by atoms with E-state index in [2.05, 4.69) is 20.9 Å². The number of rotatable bonds is 2. The Morgan fingerprint density at radius 1 is 1.44 bits per heavy atom. The largest absolute Gasteiger partial charge is 0.494 e. The molecule has 0 aliphatic rings. The van der Waals surface area contributed by atoms with Crippen LogP contribution in [0.15, 0.2) is 28.9 Å². The molecule has 0 aliphatic carbocycles. The smallest absolute Gasteiger partial charge is 0.335 e. The van der Waals surface area contributed by atoms with Crippen molar-refractivity contribution in [3.05, 3.63) is 34.4 Å². The molecule has 0 fully saturated rings. The van der Waals surface area contributed by atoms with Crippen LogP contribution in [0.3, 0.4) is 0 Å². The maximum atomic E-state index is 10.9. The predicted octanol–water partition coefficient (Wildman–Crippen LogP) is 2.70. The van der Waals surface area contributed by atoms with Crippen molar-refractivity contribution in [2.24, 2.45) is 0 Å². The van der Waals surface area contributed by atoms with Gasteiger partial charge in [-0.05, 0) is 34.1 Å². The molecule has 1 aromatic carbocycles. The molecule has 1 heterocycles. The minimum atomic E-state index is -0.986.